The molecule has 7 heteroatoms. The van der Waals surface area contributed by atoms with Crippen LogP contribution in [0.3, 0.4) is 0 Å². The van der Waals surface area contributed by atoms with Gasteiger partial charge in [0.2, 0.25) is 11.4 Å². The van der Waals surface area contributed by atoms with E-state index in [9.17, 15) is 14.7 Å². The molecule has 30 heavy (non-hydrogen) atoms. The molecule has 0 bridgehead atoms. The van der Waals surface area contributed by atoms with Crippen LogP contribution in [0.5, 0.6) is 0 Å². The van der Waals surface area contributed by atoms with E-state index in [1.807, 2.05) is 51.1 Å². The van der Waals surface area contributed by atoms with Gasteiger partial charge in [0.05, 0.1) is 25.2 Å². The zero-order chi connectivity index (χ0) is 22.5. The van der Waals surface area contributed by atoms with Crippen molar-refractivity contribution in [1.29, 1.82) is 0 Å². The molecule has 2 aliphatic rings. The minimum Gasteiger partial charge on any atom is -0.467 e. The number of carbonyl (C=O) groups is 2. The minimum absolute atomic E-state index is 0.324. The van der Waals surface area contributed by atoms with Crippen LogP contribution in [0.4, 0.5) is 0 Å². The maximum absolute atomic E-state index is 13.5. The van der Waals surface area contributed by atoms with Gasteiger partial charge in [0.1, 0.15) is 11.8 Å². The zero-order valence-electron chi connectivity index (χ0n) is 18.8. The van der Waals surface area contributed by atoms with E-state index in [1.54, 1.807) is 13.8 Å². The smallest absolute Gasteiger partial charge is 0.337 e. The molecular formula is C23H33NO6. The topological polar surface area (TPSA) is 85.3 Å². The van der Waals surface area contributed by atoms with Crippen LogP contribution in [0.1, 0.15) is 40.2 Å². The van der Waals surface area contributed by atoms with E-state index < -0.39 is 46.9 Å². The predicted molar refractivity (Wildman–Crippen MR) is 110 cm³/mol. The largest absolute Gasteiger partial charge is 0.467 e. The molecule has 166 valence electrons. The van der Waals surface area contributed by atoms with Crippen molar-refractivity contribution in [3.05, 3.63) is 35.9 Å². The molecule has 7 nitrogen and oxygen atoms in total. The molecule has 1 N–H and O–H groups in total. The Kier molecular flexibility index (Phi) is 5.77. The van der Waals surface area contributed by atoms with E-state index in [2.05, 4.69) is 0 Å². The van der Waals surface area contributed by atoms with Crippen LogP contribution in [0.2, 0.25) is 0 Å². The standard InChI is InChI=1S/C23H33NO6/c1-14-18(25)24-19(21(3,4)5)30-15(2)22(24,20(26)29-7)23(14,27)17(28-6)13-16-11-9-8-10-12-16/h8-12,14-15,17,19,27H,13H2,1-7H3/t14-,15-,17+,19-,22+,23+/m1/s1. The molecule has 0 spiro atoms. The Morgan fingerprint density at radius 1 is 1.23 bits per heavy atom. The van der Waals surface area contributed by atoms with Gasteiger partial charge in [-0.25, -0.2) is 4.79 Å². The van der Waals surface area contributed by atoms with Crippen molar-refractivity contribution >= 4 is 11.9 Å². The highest BCUT2D eigenvalue weighted by Gasteiger charge is 2.80. The number of fused-ring (bicyclic) bond motifs is 1. The Balaban J connectivity index is 2.21. The second-order valence-electron chi connectivity index (χ2n) is 9.42. The summed E-state index contributed by atoms with van der Waals surface area (Å²) in [6, 6.07) is 9.54. The summed E-state index contributed by atoms with van der Waals surface area (Å²) in [5.74, 6) is -1.93. The van der Waals surface area contributed by atoms with Crippen molar-refractivity contribution in [2.24, 2.45) is 11.3 Å². The van der Waals surface area contributed by atoms with Crippen LogP contribution >= 0.6 is 0 Å². The second-order valence-corrected chi connectivity index (χ2v) is 9.42. The van der Waals surface area contributed by atoms with Crippen LogP contribution < -0.4 is 0 Å². The van der Waals surface area contributed by atoms with Gasteiger partial charge >= 0.3 is 5.97 Å². The molecule has 6 atom stereocenters. The Morgan fingerprint density at radius 3 is 2.33 bits per heavy atom. The van der Waals surface area contributed by atoms with Crippen molar-refractivity contribution in [2.75, 3.05) is 14.2 Å². The summed E-state index contributed by atoms with van der Waals surface area (Å²) in [7, 11) is 2.75. The van der Waals surface area contributed by atoms with Gasteiger partial charge in [-0.15, -0.1) is 0 Å². The first-order valence-corrected chi connectivity index (χ1v) is 10.3. The number of aliphatic hydroxyl groups is 1. The SMILES string of the molecule is COC(=O)[C@]12[C@@H](C)O[C@H](C(C)(C)C)N1C(=O)[C@@H](C)[C@]2(O)[C@H](Cc1ccccc1)OC. The zero-order valence-corrected chi connectivity index (χ0v) is 18.8. The van der Waals surface area contributed by atoms with Gasteiger partial charge in [0.25, 0.3) is 0 Å². The molecule has 3 rings (SSSR count). The van der Waals surface area contributed by atoms with Gasteiger partial charge in [0.15, 0.2) is 0 Å². The lowest BCUT2D eigenvalue weighted by Crippen LogP contribution is -2.72. The lowest BCUT2D eigenvalue weighted by Gasteiger charge is -2.46. The van der Waals surface area contributed by atoms with Gasteiger partial charge in [-0.2, -0.15) is 0 Å². The van der Waals surface area contributed by atoms with E-state index in [0.717, 1.165) is 5.56 Å². The molecule has 0 saturated carbocycles. The molecule has 0 aromatic heterocycles. The van der Waals surface area contributed by atoms with Crippen molar-refractivity contribution in [2.45, 2.75) is 70.6 Å². The molecule has 1 amide bonds. The van der Waals surface area contributed by atoms with Gasteiger partial charge in [0, 0.05) is 18.9 Å². The molecule has 0 unspecified atom stereocenters. The normalized spacial score (nSPS) is 34.7. The summed E-state index contributed by atoms with van der Waals surface area (Å²) in [4.78, 5) is 28.3. The van der Waals surface area contributed by atoms with E-state index >= 15 is 0 Å². The first-order chi connectivity index (χ1) is 14.0. The van der Waals surface area contributed by atoms with E-state index in [-0.39, 0.29) is 5.91 Å². The van der Waals surface area contributed by atoms with Crippen LogP contribution in [0.15, 0.2) is 30.3 Å². The van der Waals surface area contributed by atoms with Crippen LogP contribution in [-0.2, 0) is 30.2 Å². The fourth-order valence-corrected chi connectivity index (χ4v) is 5.21. The van der Waals surface area contributed by atoms with Crippen molar-refractivity contribution in [3.63, 3.8) is 0 Å². The number of amides is 1. The summed E-state index contributed by atoms with van der Waals surface area (Å²) in [5, 5.41) is 12.3. The number of hydrogen-bond donors (Lipinski definition) is 1. The van der Waals surface area contributed by atoms with Crippen molar-refractivity contribution in [1.82, 2.24) is 4.90 Å². The molecule has 2 heterocycles. The Hall–Kier alpha value is -1.96. The summed E-state index contributed by atoms with van der Waals surface area (Å²) < 4.78 is 17.1. The first kappa shape index (κ1) is 22.7. The first-order valence-electron chi connectivity index (χ1n) is 10.3. The summed E-state index contributed by atoms with van der Waals surface area (Å²) in [5.41, 5.74) is -3.13. The molecule has 2 aliphatic heterocycles. The third-order valence-electron chi connectivity index (χ3n) is 6.69. The van der Waals surface area contributed by atoms with Crippen molar-refractivity contribution in [3.8, 4) is 0 Å². The average Bonchev–Trinajstić information content (AvgIpc) is 3.12. The second kappa shape index (κ2) is 7.62. The fourth-order valence-electron chi connectivity index (χ4n) is 5.21. The quantitative estimate of drug-likeness (QED) is 0.736. The number of methoxy groups -OCH3 is 2. The van der Waals surface area contributed by atoms with Crippen LogP contribution in [-0.4, -0.2) is 65.7 Å². The van der Waals surface area contributed by atoms with Gasteiger partial charge in [-0.05, 0) is 12.5 Å². The van der Waals surface area contributed by atoms with Gasteiger partial charge in [-0.1, -0.05) is 58.0 Å². The van der Waals surface area contributed by atoms with E-state index in [0.29, 0.717) is 6.42 Å². The van der Waals surface area contributed by atoms with Crippen LogP contribution in [0.25, 0.3) is 0 Å². The Bertz CT molecular complexity index is 806. The third-order valence-corrected chi connectivity index (χ3v) is 6.69. The minimum atomic E-state index is -1.86. The number of ether oxygens (including phenoxy) is 3. The number of esters is 1. The average molecular weight is 420 g/mol. The Morgan fingerprint density at radius 2 is 1.83 bits per heavy atom. The maximum Gasteiger partial charge on any atom is 0.337 e. The summed E-state index contributed by atoms with van der Waals surface area (Å²) in [6.07, 6.45) is -2.00. The molecule has 2 fully saturated rings. The highest BCUT2D eigenvalue weighted by molar-refractivity contribution is 5.97. The highest BCUT2D eigenvalue weighted by atomic mass is 16.6. The third kappa shape index (κ3) is 2.90. The fraction of sp³-hybridized carbons (Fsp3) is 0.652. The molecular weight excluding hydrogens is 386 g/mol. The highest BCUT2D eigenvalue weighted by Crippen LogP contribution is 2.56. The number of hydrogen-bond acceptors (Lipinski definition) is 6. The van der Waals surface area contributed by atoms with E-state index in [4.69, 9.17) is 14.2 Å². The van der Waals surface area contributed by atoms with Gasteiger partial charge in [-0.3, -0.25) is 9.69 Å². The molecule has 0 aliphatic carbocycles. The molecule has 0 radical (unpaired) electrons. The summed E-state index contributed by atoms with van der Waals surface area (Å²) >= 11 is 0. The molecule has 1 aromatic rings. The monoisotopic (exact) mass is 419 g/mol. The maximum atomic E-state index is 13.5. The van der Waals surface area contributed by atoms with Gasteiger partial charge < -0.3 is 19.3 Å². The van der Waals surface area contributed by atoms with Crippen molar-refractivity contribution < 1.29 is 28.9 Å². The number of nitrogens with zero attached hydrogens (tertiary/aromatic N) is 1. The Labute approximate surface area is 178 Å². The summed E-state index contributed by atoms with van der Waals surface area (Å²) in [6.45, 7) is 9.16. The van der Waals surface area contributed by atoms with E-state index in [1.165, 1.54) is 19.1 Å². The molecule has 2 saturated heterocycles. The van der Waals surface area contributed by atoms with Crippen LogP contribution in [0, 0.1) is 11.3 Å². The predicted octanol–water partition coefficient (Wildman–Crippen LogP) is 2.16. The number of rotatable bonds is 5. The number of carbonyl (C=O) groups excluding carboxylic acids is 2. The molecule has 1 aromatic carbocycles. The lowest BCUT2D eigenvalue weighted by molar-refractivity contribution is -0.194. The number of benzene rings is 1. The lowest BCUT2D eigenvalue weighted by atomic mass is 9.68.